The highest BCUT2D eigenvalue weighted by Crippen LogP contribution is 2.10. The van der Waals surface area contributed by atoms with E-state index in [1.165, 1.54) is 11.3 Å². The average Bonchev–Trinajstić information content (AvgIpc) is 3.26. The van der Waals surface area contributed by atoms with Crippen molar-refractivity contribution in [2.24, 2.45) is 0 Å². The lowest BCUT2D eigenvalue weighted by Gasteiger charge is -2.07. The van der Waals surface area contributed by atoms with Gasteiger partial charge in [-0.3, -0.25) is 4.79 Å². The van der Waals surface area contributed by atoms with Crippen molar-refractivity contribution < 1.29 is 13.9 Å². The smallest absolute Gasteiger partial charge is 0.252 e. The van der Waals surface area contributed by atoms with Gasteiger partial charge >= 0.3 is 0 Å². The lowest BCUT2D eigenvalue weighted by Crippen LogP contribution is -2.22. The second kappa shape index (κ2) is 7.76. The largest absolute Gasteiger partial charge is 0.467 e. The van der Waals surface area contributed by atoms with Crippen LogP contribution in [0.2, 0.25) is 0 Å². The molecule has 5 heteroatoms. The van der Waals surface area contributed by atoms with Gasteiger partial charge in [0.05, 0.1) is 12.9 Å². The van der Waals surface area contributed by atoms with E-state index in [0.29, 0.717) is 25.3 Å². The summed E-state index contributed by atoms with van der Waals surface area (Å²) in [4.78, 5) is 11.9. The molecule has 0 aliphatic rings. The summed E-state index contributed by atoms with van der Waals surface area (Å²) in [5, 5.41) is 6.66. The van der Waals surface area contributed by atoms with Gasteiger partial charge in [-0.2, -0.15) is 11.3 Å². The lowest BCUT2D eigenvalue weighted by molar-refractivity contribution is 0.0928. The van der Waals surface area contributed by atoms with E-state index in [0.717, 1.165) is 16.9 Å². The Morgan fingerprint density at radius 3 is 2.83 bits per heavy atom. The van der Waals surface area contributed by atoms with E-state index < -0.39 is 0 Å². The Labute approximate surface area is 138 Å². The predicted octanol–water partition coefficient (Wildman–Crippen LogP) is 3.99. The number of furan rings is 1. The van der Waals surface area contributed by atoms with Crippen LogP contribution in [0.4, 0.5) is 0 Å². The number of hydrogen-bond acceptors (Lipinski definition) is 4. The van der Waals surface area contributed by atoms with Gasteiger partial charge in [-0.05, 0) is 34.7 Å². The van der Waals surface area contributed by atoms with E-state index in [1.54, 1.807) is 6.26 Å². The molecule has 0 aliphatic carbocycles. The molecule has 1 amide bonds. The number of hydrogen-bond donors (Lipinski definition) is 1. The molecule has 1 N–H and O–H groups in total. The summed E-state index contributed by atoms with van der Waals surface area (Å²) in [6, 6.07) is 13.6. The van der Waals surface area contributed by atoms with Crippen molar-refractivity contribution in [1.82, 2.24) is 5.32 Å². The van der Waals surface area contributed by atoms with Crippen LogP contribution in [0.25, 0.3) is 0 Å². The molecule has 118 valence electrons. The van der Waals surface area contributed by atoms with E-state index in [9.17, 15) is 4.79 Å². The van der Waals surface area contributed by atoms with Crippen LogP contribution in [0.5, 0.6) is 0 Å². The summed E-state index contributed by atoms with van der Waals surface area (Å²) < 4.78 is 10.8. The summed E-state index contributed by atoms with van der Waals surface area (Å²) in [7, 11) is 0. The summed E-state index contributed by atoms with van der Waals surface area (Å²) in [5.41, 5.74) is 2.82. The molecule has 0 unspecified atom stereocenters. The minimum Gasteiger partial charge on any atom is -0.467 e. The quantitative estimate of drug-likeness (QED) is 0.714. The number of ether oxygens (including phenoxy) is 1. The first-order valence-electron chi connectivity index (χ1n) is 7.29. The van der Waals surface area contributed by atoms with Gasteiger partial charge in [-0.15, -0.1) is 0 Å². The highest BCUT2D eigenvalue weighted by molar-refractivity contribution is 7.08. The van der Waals surface area contributed by atoms with E-state index in [-0.39, 0.29) is 5.91 Å². The SMILES string of the molecule is O=C(NCc1cccc(COCc2ccco2)c1)c1ccsc1. The Balaban J connectivity index is 1.49. The van der Waals surface area contributed by atoms with E-state index >= 15 is 0 Å². The molecule has 0 saturated carbocycles. The Morgan fingerprint density at radius 1 is 1.13 bits per heavy atom. The molecule has 23 heavy (non-hydrogen) atoms. The first kappa shape index (κ1) is 15.5. The van der Waals surface area contributed by atoms with Gasteiger partial charge in [0, 0.05) is 17.5 Å². The number of carbonyl (C=O) groups excluding carboxylic acids is 1. The van der Waals surface area contributed by atoms with Gasteiger partial charge < -0.3 is 14.5 Å². The first-order valence-corrected chi connectivity index (χ1v) is 8.24. The highest BCUT2D eigenvalue weighted by Gasteiger charge is 2.05. The topological polar surface area (TPSA) is 51.5 Å². The number of benzene rings is 1. The zero-order valence-corrected chi connectivity index (χ0v) is 13.3. The Hall–Kier alpha value is -2.37. The normalized spacial score (nSPS) is 10.6. The summed E-state index contributed by atoms with van der Waals surface area (Å²) in [5.74, 6) is 0.759. The lowest BCUT2D eigenvalue weighted by atomic mass is 10.1. The molecule has 0 fully saturated rings. The zero-order chi connectivity index (χ0) is 15.9. The summed E-state index contributed by atoms with van der Waals surface area (Å²) in [6.07, 6.45) is 1.63. The number of amides is 1. The Morgan fingerprint density at radius 2 is 2.04 bits per heavy atom. The molecule has 2 aromatic heterocycles. The van der Waals surface area contributed by atoms with Crippen LogP contribution >= 0.6 is 11.3 Å². The number of nitrogens with one attached hydrogen (secondary N) is 1. The molecule has 1 aromatic carbocycles. The van der Waals surface area contributed by atoms with Crippen molar-refractivity contribution in [3.05, 3.63) is 81.9 Å². The first-order chi connectivity index (χ1) is 11.3. The number of carbonyl (C=O) groups is 1. The van der Waals surface area contributed by atoms with Gasteiger partial charge in [0.2, 0.25) is 0 Å². The second-order valence-electron chi connectivity index (χ2n) is 5.09. The second-order valence-corrected chi connectivity index (χ2v) is 5.87. The van der Waals surface area contributed by atoms with Crippen molar-refractivity contribution in [3.8, 4) is 0 Å². The van der Waals surface area contributed by atoms with E-state index in [2.05, 4.69) is 5.32 Å². The van der Waals surface area contributed by atoms with Gasteiger partial charge in [0.25, 0.3) is 5.91 Å². The van der Waals surface area contributed by atoms with Crippen molar-refractivity contribution in [1.29, 1.82) is 0 Å². The third kappa shape index (κ3) is 4.55. The van der Waals surface area contributed by atoms with Crippen LogP contribution in [-0.2, 0) is 24.5 Å². The minimum absolute atomic E-state index is 0.0503. The monoisotopic (exact) mass is 327 g/mol. The van der Waals surface area contributed by atoms with Gasteiger partial charge in [-0.25, -0.2) is 0 Å². The third-order valence-electron chi connectivity index (χ3n) is 3.32. The fourth-order valence-corrected chi connectivity index (χ4v) is 2.81. The van der Waals surface area contributed by atoms with Crippen molar-refractivity contribution >= 4 is 17.2 Å². The maximum atomic E-state index is 11.9. The molecular formula is C18H17NO3S. The van der Waals surface area contributed by atoms with Crippen LogP contribution in [-0.4, -0.2) is 5.91 Å². The molecule has 3 rings (SSSR count). The molecule has 0 spiro atoms. The van der Waals surface area contributed by atoms with Crippen molar-refractivity contribution in [2.75, 3.05) is 0 Å². The molecule has 0 bridgehead atoms. The standard InChI is InChI=1S/C18H17NO3S/c20-18(16-6-8-23-13-16)19-10-14-3-1-4-15(9-14)11-21-12-17-5-2-7-22-17/h1-9,13H,10-12H2,(H,19,20). The molecule has 3 aromatic rings. The maximum absolute atomic E-state index is 11.9. The van der Waals surface area contributed by atoms with Gasteiger partial charge in [-0.1, -0.05) is 24.3 Å². The average molecular weight is 327 g/mol. The fourth-order valence-electron chi connectivity index (χ4n) is 2.17. The number of thiophene rings is 1. The van der Waals surface area contributed by atoms with Gasteiger partial charge in [0.1, 0.15) is 12.4 Å². The Bertz CT molecular complexity index is 735. The molecule has 0 saturated heterocycles. The number of rotatable bonds is 7. The predicted molar refractivity (Wildman–Crippen MR) is 89.1 cm³/mol. The molecule has 4 nitrogen and oxygen atoms in total. The highest BCUT2D eigenvalue weighted by atomic mass is 32.1. The van der Waals surface area contributed by atoms with Crippen molar-refractivity contribution in [2.45, 2.75) is 19.8 Å². The zero-order valence-electron chi connectivity index (χ0n) is 12.5. The molecular weight excluding hydrogens is 310 g/mol. The van der Waals surface area contributed by atoms with Crippen LogP contribution in [0, 0.1) is 0 Å². The van der Waals surface area contributed by atoms with E-state index in [4.69, 9.17) is 9.15 Å². The third-order valence-corrected chi connectivity index (χ3v) is 4.00. The Kier molecular flexibility index (Phi) is 5.24. The molecule has 0 aliphatic heterocycles. The molecule has 0 radical (unpaired) electrons. The van der Waals surface area contributed by atoms with Crippen LogP contribution in [0.1, 0.15) is 27.2 Å². The van der Waals surface area contributed by atoms with Crippen LogP contribution in [0.15, 0.2) is 63.9 Å². The summed E-state index contributed by atoms with van der Waals surface area (Å²) in [6.45, 7) is 1.46. The van der Waals surface area contributed by atoms with E-state index in [1.807, 2.05) is 53.2 Å². The van der Waals surface area contributed by atoms with Crippen LogP contribution in [0.3, 0.4) is 0 Å². The molecule has 0 atom stereocenters. The molecule has 2 heterocycles. The van der Waals surface area contributed by atoms with Gasteiger partial charge in [0.15, 0.2) is 0 Å². The minimum atomic E-state index is -0.0503. The maximum Gasteiger partial charge on any atom is 0.252 e. The summed E-state index contributed by atoms with van der Waals surface area (Å²) >= 11 is 1.51. The fraction of sp³-hybridized carbons (Fsp3) is 0.167. The van der Waals surface area contributed by atoms with Crippen LogP contribution < -0.4 is 5.32 Å². The van der Waals surface area contributed by atoms with Crippen molar-refractivity contribution in [3.63, 3.8) is 0 Å².